The molecule has 1 unspecified atom stereocenters. The Hall–Kier alpha value is -1.75. The molecule has 0 saturated carbocycles. The predicted octanol–water partition coefficient (Wildman–Crippen LogP) is 6.08. The lowest BCUT2D eigenvalue weighted by atomic mass is 9.90. The van der Waals surface area contributed by atoms with Crippen molar-refractivity contribution in [1.29, 1.82) is 0 Å². The van der Waals surface area contributed by atoms with Crippen LogP contribution in [0.2, 0.25) is 0 Å². The smallest absolute Gasteiger partial charge is 0.150 e. The van der Waals surface area contributed by atoms with E-state index in [1.807, 2.05) is 30.3 Å². The average molecular weight is 460 g/mol. The van der Waals surface area contributed by atoms with Gasteiger partial charge >= 0.3 is 0 Å². The minimum Gasteiger partial charge on any atom is -0.384 e. The Balaban J connectivity index is 2.11. The number of aliphatic hydroxyl groups excluding tert-OH is 1. The second kappa shape index (κ2) is 7.65. The lowest BCUT2D eigenvalue weighted by Crippen LogP contribution is -2.03. The molecule has 0 heterocycles. The van der Waals surface area contributed by atoms with Crippen molar-refractivity contribution < 1.29 is 9.90 Å². The molecule has 126 valence electrons. The van der Waals surface area contributed by atoms with Crippen LogP contribution in [0, 0.1) is 6.92 Å². The number of hydrogen-bond donors (Lipinski definition) is 1. The largest absolute Gasteiger partial charge is 0.384 e. The zero-order valence-corrected chi connectivity index (χ0v) is 16.7. The molecular formula is C21H16Br2O2. The summed E-state index contributed by atoms with van der Waals surface area (Å²) in [7, 11) is 0. The molecule has 3 rings (SSSR count). The third-order valence-electron chi connectivity index (χ3n) is 4.18. The Morgan fingerprint density at radius 2 is 1.48 bits per heavy atom. The molecule has 0 radical (unpaired) electrons. The van der Waals surface area contributed by atoms with Crippen LogP contribution in [0.3, 0.4) is 0 Å². The number of hydrogen-bond acceptors (Lipinski definition) is 2. The SMILES string of the molecule is Cc1cc(Br)ccc1-c1ccc(Br)cc1C(O)c1ccc(C=O)cc1. The van der Waals surface area contributed by atoms with Gasteiger partial charge in [0.1, 0.15) is 12.4 Å². The molecule has 3 aromatic rings. The van der Waals surface area contributed by atoms with Crippen molar-refractivity contribution in [3.05, 3.63) is 91.9 Å². The molecule has 3 aromatic carbocycles. The van der Waals surface area contributed by atoms with Gasteiger partial charge in [0.15, 0.2) is 0 Å². The summed E-state index contributed by atoms with van der Waals surface area (Å²) >= 11 is 6.99. The van der Waals surface area contributed by atoms with Crippen LogP contribution >= 0.6 is 31.9 Å². The third-order valence-corrected chi connectivity index (χ3v) is 5.16. The van der Waals surface area contributed by atoms with Gasteiger partial charge in [-0.15, -0.1) is 0 Å². The summed E-state index contributed by atoms with van der Waals surface area (Å²) in [5.74, 6) is 0. The molecule has 0 aliphatic heterocycles. The van der Waals surface area contributed by atoms with Gasteiger partial charge in [0.2, 0.25) is 0 Å². The number of carbonyl (C=O) groups is 1. The van der Waals surface area contributed by atoms with E-state index in [9.17, 15) is 9.90 Å². The molecule has 0 aromatic heterocycles. The Kier molecular flexibility index (Phi) is 5.52. The van der Waals surface area contributed by atoms with Crippen molar-refractivity contribution in [2.75, 3.05) is 0 Å². The normalized spacial score (nSPS) is 12.0. The molecule has 2 nitrogen and oxygen atoms in total. The summed E-state index contributed by atoms with van der Waals surface area (Å²) in [6, 6.07) is 19.0. The van der Waals surface area contributed by atoms with Crippen LogP contribution in [0.4, 0.5) is 0 Å². The molecular weight excluding hydrogens is 444 g/mol. The van der Waals surface area contributed by atoms with Gasteiger partial charge < -0.3 is 5.11 Å². The van der Waals surface area contributed by atoms with Crippen LogP contribution in [-0.4, -0.2) is 11.4 Å². The number of rotatable bonds is 4. The van der Waals surface area contributed by atoms with Crippen LogP contribution in [0.1, 0.15) is 33.2 Å². The van der Waals surface area contributed by atoms with Crippen molar-refractivity contribution in [2.24, 2.45) is 0 Å². The highest BCUT2D eigenvalue weighted by atomic mass is 79.9. The van der Waals surface area contributed by atoms with E-state index in [-0.39, 0.29) is 0 Å². The second-order valence-corrected chi connectivity index (χ2v) is 7.71. The first-order chi connectivity index (χ1) is 12.0. The maximum absolute atomic E-state index is 10.9. The maximum atomic E-state index is 10.9. The minimum absolute atomic E-state index is 0.592. The number of aryl methyl sites for hydroxylation is 1. The monoisotopic (exact) mass is 458 g/mol. The minimum atomic E-state index is -0.781. The number of aliphatic hydroxyl groups is 1. The molecule has 0 aliphatic rings. The Labute approximate surface area is 163 Å². The molecule has 1 N–H and O–H groups in total. The number of aldehydes is 1. The Morgan fingerprint density at radius 3 is 2.08 bits per heavy atom. The van der Waals surface area contributed by atoms with Crippen LogP contribution < -0.4 is 0 Å². The number of carbonyl (C=O) groups excluding carboxylic acids is 1. The molecule has 0 bridgehead atoms. The lowest BCUT2D eigenvalue weighted by Gasteiger charge is -2.18. The first-order valence-electron chi connectivity index (χ1n) is 7.79. The van der Waals surface area contributed by atoms with Gasteiger partial charge in [-0.25, -0.2) is 0 Å². The van der Waals surface area contributed by atoms with E-state index < -0.39 is 6.10 Å². The molecule has 4 heteroatoms. The summed E-state index contributed by atoms with van der Waals surface area (Å²) < 4.78 is 1.93. The molecule has 0 saturated heterocycles. The van der Waals surface area contributed by atoms with Crippen molar-refractivity contribution in [1.82, 2.24) is 0 Å². The zero-order valence-electron chi connectivity index (χ0n) is 13.5. The van der Waals surface area contributed by atoms with E-state index in [2.05, 4.69) is 44.8 Å². The van der Waals surface area contributed by atoms with Gasteiger partial charge in [-0.1, -0.05) is 68.3 Å². The van der Waals surface area contributed by atoms with E-state index >= 15 is 0 Å². The second-order valence-electron chi connectivity index (χ2n) is 5.88. The topological polar surface area (TPSA) is 37.3 Å². The highest BCUT2D eigenvalue weighted by molar-refractivity contribution is 9.10. The third kappa shape index (κ3) is 3.92. The van der Waals surface area contributed by atoms with E-state index in [4.69, 9.17) is 0 Å². The van der Waals surface area contributed by atoms with Crippen molar-refractivity contribution in [3.8, 4) is 11.1 Å². The molecule has 1 atom stereocenters. The first kappa shape index (κ1) is 18.1. The summed E-state index contributed by atoms with van der Waals surface area (Å²) in [6.45, 7) is 2.05. The summed E-state index contributed by atoms with van der Waals surface area (Å²) in [4.78, 5) is 10.8. The number of halogens is 2. The van der Waals surface area contributed by atoms with E-state index in [0.29, 0.717) is 5.56 Å². The van der Waals surface area contributed by atoms with Crippen molar-refractivity contribution >= 4 is 38.1 Å². The zero-order chi connectivity index (χ0) is 18.0. The van der Waals surface area contributed by atoms with Gasteiger partial charge in [0.05, 0.1) is 0 Å². The van der Waals surface area contributed by atoms with Gasteiger partial charge in [-0.3, -0.25) is 4.79 Å². The fourth-order valence-electron chi connectivity index (χ4n) is 2.87. The standard InChI is InChI=1S/C21H16Br2O2/c1-13-10-16(22)6-8-18(13)19-9-7-17(23)11-20(19)21(25)15-4-2-14(12-24)3-5-15/h2-12,21,25H,1H3. The van der Waals surface area contributed by atoms with E-state index in [1.165, 1.54) is 0 Å². The van der Waals surface area contributed by atoms with Crippen molar-refractivity contribution in [3.63, 3.8) is 0 Å². The Morgan fingerprint density at radius 1 is 0.880 bits per heavy atom. The van der Waals surface area contributed by atoms with Crippen LogP contribution in [0.25, 0.3) is 11.1 Å². The fraction of sp³-hybridized carbons (Fsp3) is 0.0952. The lowest BCUT2D eigenvalue weighted by molar-refractivity contribution is 0.112. The van der Waals surface area contributed by atoms with E-state index in [1.54, 1.807) is 24.3 Å². The maximum Gasteiger partial charge on any atom is 0.150 e. The summed E-state index contributed by atoms with van der Waals surface area (Å²) in [5, 5.41) is 10.9. The van der Waals surface area contributed by atoms with Crippen LogP contribution in [0.5, 0.6) is 0 Å². The average Bonchev–Trinajstić information content (AvgIpc) is 2.62. The summed E-state index contributed by atoms with van der Waals surface area (Å²) in [5.41, 5.74) is 5.35. The predicted molar refractivity (Wildman–Crippen MR) is 108 cm³/mol. The quantitative estimate of drug-likeness (QED) is 0.480. The highest BCUT2D eigenvalue weighted by Crippen LogP contribution is 2.36. The van der Waals surface area contributed by atoms with Gasteiger partial charge in [-0.05, 0) is 59.0 Å². The van der Waals surface area contributed by atoms with Gasteiger partial charge in [0, 0.05) is 14.5 Å². The fourth-order valence-corrected chi connectivity index (χ4v) is 3.73. The van der Waals surface area contributed by atoms with Gasteiger partial charge in [-0.2, -0.15) is 0 Å². The molecule has 0 fully saturated rings. The first-order valence-corrected chi connectivity index (χ1v) is 9.37. The van der Waals surface area contributed by atoms with Gasteiger partial charge in [0.25, 0.3) is 0 Å². The van der Waals surface area contributed by atoms with Crippen LogP contribution in [-0.2, 0) is 0 Å². The molecule has 0 aliphatic carbocycles. The van der Waals surface area contributed by atoms with E-state index in [0.717, 1.165) is 43.0 Å². The molecule has 0 spiro atoms. The summed E-state index contributed by atoms with van der Waals surface area (Å²) in [6.07, 6.45) is 0.0163. The Bertz CT molecular complexity index is 918. The molecule has 25 heavy (non-hydrogen) atoms. The van der Waals surface area contributed by atoms with Crippen molar-refractivity contribution in [2.45, 2.75) is 13.0 Å². The van der Waals surface area contributed by atoms with Crippen LogP contribution in [0.15, 0.2) is 69.6 Å². The highest BCUT2D eigenvalue weighted by Gasteiger charge is 2.17. The molecule has 0 amide bonds. The number of benzene rings is 3.